The van der Waals surface area contributed by atoms with Crippen molar-refractivity contribution in [3.8, 4) is 0 Å². The second-order valence-electron chi connectivity index (χ2n) is 10.8. The van der Waals surface area contributed by atoms with Crippen LogP contribution in [0.1, 0.15) is 36.1 Å². The van der Waals surface area contributed by atoms with Crippen molar-refractivity contribution < 1.29 is 23.9 Å². The molecular formula is C32H36FN3O4S. The minimum Gasteiger partial charge on any atom is -0.381 e. The number of nitrogens with one attached hydrogen (secondary N) is 2. The molecule has 9 heteroatoms. The van der Waals surface area contributed by atoms with Crippen molar-refractivity contribution in [3.05, 3.63) is 107 Å². The van der Waals surface area contributed by atoms with Gasteiger partial charge in [-0.2, -0.15) is 0 Å². The van der Waals surface area contributed by atoms with Crippen LogP contribution in [0.4, 0.5) is 4.39 Å². The summed E-state index contributed by atoms with van der Waals surface area (Å²) in [4.78, 5) is 41.6. The topological polar surface area (TPSA) is 98.7 Å². The van der Waals surface area contributed by atoms with E-state index in [0.29, 0.717) is 12.1 Å². The maximum absolute atomic E-state index is 13.8. The van der Waals surface area contributed by atoms with Crippen molar-refractivity contribution in [3.63, 3.8) is 0 Å². The second kappa shape index (κ2) is 13.3. The number of aliphatic hydroxyl groups is 1. The first-order valence-electron chi connectivity index (χ1n) is 13.6. The number of benzene rings is 3. The van der Waals surface area contributed by atoms with Gasteiger partial charge in [0.1, 0.15) is 11.9 Å². The minimum atomic E-state index is -1.59. The maximum atomic E-state index is 13.8. The second-order valence-corrected chi connectivity index (χ2v) is 12.4. The Kier molecular flexibility index (Phi) is 9.83. The number of amides is 3. The first kappa shape index (κ1) is 30.3. The number of carbonyl (C=O) groups is 3. The molecule has 41 heavy (non-hydrogen) atoms. The number of halogens is 1. The molecule has 1 aliphatic rings. The fourth-order valence-corrected chi connectivity index (χ4v) is 6.14. The van der Waals surface area contributed by atoms with Gasteiger partial charge in [0.05, 0.1) is 18.3 Å². The van der Waals surface area contributed by atoms with E-state index in [2.05, 4.69) is 10.6 Å². The molecule has 3 amide bonds. The van der Waals surface area contributed by atoms with Gasteiger partial charge in [-0.1, -0.05) is 66.7 Å². The SMILES string of the molecule is Cc1ccccc1CNC(=O)[C@H]1N(C(=O)[C@@H](O)[C@H](Cc2ccccc2)NC(=O)Cc2ccc(F)cc2)CSC1(C)C. The molecular weight excluding hydrogens is 541 g/mol. The Morgan fingerprint density at radius 3 is 2.34 bits per heavy atom. The molecule has 4 rings (SSSR count). The van der Waals surface area contributed by atoms with Gasteiger partial charge < -0.3 is 20.6 Å². The van der Waals surface area contributed by atoms with Gasteiger partial charge in [0, 0.05) is 11.3 Å². The van der Waals surface area contributed by atoms with Gasteiger partial charge in [0.15, 0.2) is 6.10 Å². The lowest BCUT2D eigenvalue weighted by Crippen LogP contribution is -2.58. The summed E-state index contributed by atoms with van der Waals surface area (Å²) in [5.74, 6) is -1.51. The molecule has 1 saturated heterocycles. The third kappa shape index (κ3) is 7.74. The zero-order valence-electron chi connectivity index (χ0n) is 23.5. The first-order chi connectivity index (χ1) is 19.5. The molecule has 3 aromatic rings. The average Bonchev–Trinajstić information content (AvgIpc) is 3.27. The molecule has 0 aromatic heterocycles. The maximum Gasteiger partial charge on any atom is 0.254 e. The molecule has 3 atom stereocenters. The highest BCUT2D eigenvalue weighted by molar-refractivity contribution is 8.00. The fourth-order valence-electron chi connectivity index (χ4n) is 5.00. The van der Waals surface area contributed by atoms with Gasteiger partial charge in [-0.3, -0.25) is 14.4 Å². The van der Waals surface area contributed by atoms with Crippen LogP contribution >= 0.6 is 11.8 Å². The molecule has 216 valence electrons. The molecule has 0 radical (unpaired) electrons. The lowest BCUT2D eigenvalue weighted by molar-refractivity contribution is -0.147. The highest BCUT2D eigenvalue weighted by Gasteiger charge is 2.49. The normalized spacial score (nSPS) is 17.5. The van der Waals surface area contributed by atoms with E-state index in [9.17, 15) is 23.9 Å². The third-order valence-corrected chi connectivity index (χ3v) is 8.72. The summed E-state index contributed by atoms with van der Waals surface area (Å²) in [5.41, 5.74) is 3.46. The Hall–Kier alpha value is -3.69. The monoisotopic (exact) mass is 577 g/mol. The van der Waals surface area contributed by atoms with Crippen LogP contribution in [0.2, 0.25) is 0 Å². The van der Waals surface area contributed by atoms with E-state index in [4.69, 9.17) is 0 Å². The number of rotatable bonds is 10. The zero-order valence-corrected chi connectivity index (χ0v) is 24.3. The Morgan fingerprint density at radius 2 is 1.66 bits per heavy atom. The van der Waals surface area contributed by atoms with Crippen molar-refractivity contribution in [1.29, 1.82) is 0 Å². The van der Waals surface area contributed by atoms with Crippen LogP contribution in [0.5, 0.6) is 0 Å². The molecule has 1 aliphatic heterocycles. The Morgan fingerprint density at radius 1 is 1.00 bits per heavy atom. The number of thioether (sulfide) groups is 1. The number of hydrogen-bond donors (Lipinski definition) is 3. The average molecular weight is 578 g/mol. The molecule has 1 heterocycles. The molecule has 0 unspecified atom stereocenters. The third-order valence-electron chi connectivity index (χ3n) is 7.35. The number of hydrogen-bond acceptors (Lipinski definition) is 5. The molecule has 0 bridgehead atoms. The van der Waals surface area contributed by atoms with Gasteiger partial charge in [-0.05, 0) is 61.6 Å². The summed E-state index contributed by atoms with van der Waals surface area (Å²) < 4.78 is 12.7. The number of aliphatic hydroxyl groups excluding tert-OH is 1. The van der Waals surface area contributed by atoms with Gasteiger partial charge in [0.2, 0.25) is 11.8 Å². The highest BCUT2D eigenvalue weighted by atomic mass is 32.2. The lowest BCUT2D eigenvalue weighted by atomic mass is 9.96. The van der Waals surface area contributed by atoms with Crippen molar-refractivity contribution in [1.82, 2.24) is 15.5 Å². The fraction of sp³-hybridized carbons (Fsp3) is 0.344. The predicted molar refractivity (Wildman–Crippen MR) is 158 cm³/mol. The Bertz CT molecular complexity index is 1370. The summed E-state index contributed by atoms with van der Waals surface area (Å²) in [5, 5.41) is 17.2. The smallest absolute Gasteiger partial charge is 0.254 e. The van der Waals surface area contributed by atoms with Crippen LogP contribution in [0.3, 0.4) is 0 Å². The number of nitrogens with zero attached hydrogens (tertiary/aromatic N) is 1. The van der Waals surface area contributed by atoms with Crippen LogP contribution in [0.25, 0.3) is 0 Å². The van der Waals surface area contributed by atoms with Crippen molar-refractivity contribution >= 4 is 29.5 Å². The Balaban J connectivity index is 1.50. The van der Waals surface area contributed by atoms with E-state index in [-0.39, 0.29) is 24.6 Å². The molecule has 0 spiro atoms. The van der Waals surface area contributed by atoms with E-state index in [1.54, 1.807) is 0 Å². The molecule has 3 aromatic carbocycles. The standard InChI is InChI=1S/C32H36FN3O4S/c1-21-9-7-8-12-24(21)19-34-30(39)29-32(2,3)41-20-36(29)31(40)28(38)26(17-22-10-5-4-6-11-22)35-27(37)18-23-13-15-25(33)16-14-23/h4-16,26,28-29,38H,17-20H2,1-3H3,(H,34,39)(H,35,37)/t26-,28-,29+/m0/s1. The zero-order chi connectivity index (χ0) is 29.6. The summed E-state index contributed by atoms with van der Waals surface area (Å²) in [6.07, 6.45) is -1.42. The van der Waals surface area contributed by atoms with Crippen LogP contribution in [-0.2, 0) is 33.8 Å². The van der Waals surface area contributed by atoms with E-state index >= 15 is 0 Å². The van der Waals surface area contributed by atoms with Gasteiger partial charge in [-0.15, -0.1) is 11.8 Å². The van der Waals surface area contributed by atoms with Crippen LogP contribution in [-0.4, -0.2) is 56.5 Å². The van der Waals surface area contributed by atoms with Gasteiger partial charge in [0.25, 0.3) is 5.91 Å². The van der Waals surface area contributed by atoms with E-state index in [0.717, 1.165) is 16.7 Å². The van der Waals surface area contributed by atoms with Crippen molar-refractivity contribution in [2.24, 2.45) is 0 Å². The van der Waals surface area contributed by atoms with Gasteiger partial charge >= 0.3 is 0 Å². The highest BCUT2D eigenvalue weighted by Crippen LogP contribution is 2.40. The number of carbonyl (C=O) groups excluding carboxylic acids is 3. The van der Waals surface area contributed by atoms with E-state index in [1.807, 2.05) is 75.4 Å². The van der Waals surface area contributed by atoms with E-state index < -0.39 is 40.6 Å². The molecule has 1 fully saturated rings. The van der Waals surface area contributed by atoms with E-state index in [1.165, 1.54) is 40.9 Å². The Labute approximate surface area is 244 Å². The number of aryl methyl sites for hydroxylation is 1. The first-order valence-corrected chi connectivity index (χ1v) is 14.6. The molecule has 0 saturated carbocycles. The predicted octanol–water partition coefficient (Wildman–Crippen LogP) is 3.76. The molecule has 3 N–H and O–H groups in total. The summed E-state index contributed by atoms with van der Waals surface area (Å²) in [6, 6.07) is 20.9. The van der Waals surface area contributed by atoms with Gasteiger partial charge in [-0.25, -0.2) is 4.39 Å². The molecule has 0 aliphatic carbocycles. The van der Waals surface area contributed by atoms with Crippen molar-refractivity contribution in [2.45, 2.75) is 63.1 Å². The minimum absolute atomic E-state index is 0.0387. The largest absolute Gasteiger partial charge is 0.381 e. The van der Waals surface area contributed by atoms with Crippen LogP contribution < -0.4 is 10.6 Å². The van der Waals surface area contributed by atoms with Crippen molar-refractivity contribution in [2.75, 3.05) is 5.88 Å². The lowest BCUT2D eigenvalue weighted by Gasteiger charge is -2.33. The summed E-state index contributed by atoms with van der Waals surface area (Å²) in [6.45, 7) is 6.10. The quantitative estimate of drug-likeness (QED) is 0.341. The van der Waals surface area contributed by atoms with Crippen LogP contribution in [0.15, 0.2) is 78.9 Å². The summed E-state index contributed by atoms with van der Waals surface area (Å²) in [7, 11) is 0. The molecule has 7 nitrogen and oxygen atoms in total. The van der Waals surface area contributed by atoms with Crippen LogP contribution in [0, 0.1) is 12.7 Å². The summed E-state index contributed by atoms with van der Waals surface area (Å²) >= 11 is 1.46.